The van der Waals surface area contributed by atoms with Gasteiger partial charge in [0.25, 0.3) is 0 Å². The summed E-state index contributed by atoms with van der Waals surface area (Å²) in [5.41, 5.74) is 1.97. The number of fused-ring (bicyclic) bond motifs is 1. The topological polar surface area (TPSA) is 36.3 Å². The van der Waals surface area contributed by atoms with Crippen molar-refractivity contribution in [3.05, 3.63) is 84.7 Å². The molecule has 0 aliphatic rings. The van der Waals surface area contributed by atoms with Crippen molar-refractivity contribution in [3.63, 3.8) is 0 Å². The molecule has 0 saturated heterocycles. The van der Waals surface area contributed by atoms with Crippen LogP contribution in [-0.4, -0.2) is 28.5 Å². The molecule has 4 rings (SSSR count). The summed E-state index contributed by atoms with van der Waals surface area (Å²) >= 11 is 1.64. The van der Waals surface area contributed by atoms with E-state index in [1.807, 2.05) is 54.6 Å². The summed E-state index contributed by atoms with van der Waals surface area (Å²) in [6, 6.07) is 24.2. The first-order chi connectivity index (χ1) is 14.3. The predicted molar refractivity (Wildman–Crippen MR) is 114 cm³/mol. The standard InChI is InChI=1S/C23H21FN2O2S/c24-19-10-4-7-13-22(19)28-15-14-26-21-12-6-5-11-20(21)25-23(26)29-17-16-27-18-8-2-1-3-9-18/h1-13H,14-17H2. The molecule has 29 heavy (non-hydrogen) atoms. The van der Waals surface area contributed by atoms with Crippen LogP contribution in [0.5, 0.6) is 11.5 Å². The fourth-order valence-corrected chi connectivity index (χ4v) is 3.86. The van der Waals surface area contributed by atoms with Crippen LogP contribution in [-0.2, 0) is 6.54 Å². The zero-order chi connectivity index (χ0) is 19.9. The van der Waals surface area contributed by atoms with Crippen LogP contribution >= 0.6 is 11.8 Å². The Kier molecular flexibility index (Phi) is 6.32. The first-order valence-corrected chi connectivity index (χ1v) is 10.4. The molecule has 3 aromatic carbocycles. The van der Waals surface area contributed by atoms with E-state index in [1.54, 1.807) is 30.0 Å². The van der Waals surface area contributed by atoms with Crippen molar-refractivity contribution >= 4 is 22.8 Å². The molecule has 148 valence electrons. The highest BCUT2D eigenvalue weighted by atomic mass is 32.2. The molecule has 0 atom stereocenters. The minimum absolute atomic E-state index is 0.266. The van der Waals surface area contributed by atoms with Crippen molar-refractivity contribution in [3.8, 4) is 11.5 Å². The molecule has 0 bridgehead atoms. The summed E-state index contributed by atoms with van der Waals surface area (Å²) in [4.78, 5) is 4.74. The van der Waals surface area contributed by atoms with Crippen LogP contribution in [0.2, 0.25) is 0 Å². The number of hydrogen-bond acceptors (Lipinski definition) is 4. The van der Waals surface area contributed by atoms with Gasteiger partial charge in [0, 0.05) is 5.75 Å². The second kappa shape index (κ2) is 9.47. The van der Waals surface area contributed by atoms with Gasteiger partial charge in [-0.1, -0.05) is 54.2 Å². The summed E-state index contributed by atoms with van der Waals surface area (Å²) in [6.45, 7) is 1.52. The van der Waals surface area contributed by atoms with E-state index >= 15 is 0 Å². The van der Waals surface area contributed by atoms with Crippen LogP contribution in [0.4, 0.5) is 4.39 Å². The van der Waals surface area contributed by atoms with Gasteiger partial charge in [-0.2, -0.15) is 0 Å². The van der Waals surface area contributed by atoms with Gasteiger partial charge in [0.1, 0.15) is 12.4 Å². The van der Waals surface area contributed by atoms with Crippen LogP contribution in [0, 0.1) is 5.82 Å². The summed E-state index contributed by atoms with van der Waals surface area (Å²) in [6.07, 6.45) is 0. The van der Waals surface area contributed by atoms with Gasteiger partial charge in [-0.25, -0.2) is 9.37 Å². The minimum atomic E-state index is -0.351. The zero-order valence-corrected chi connectivity index (χ0v) is 16.6. The molecular weight excluding hydrogens is 387 g/mol. The zero-order valence-electron chi connectivity index (χ0n) is 15.8. The average molecular weight is 408 g/mol. The molecule has 4 aromatic rings. The summed E-state index contributed by atoms with van der Waals surface area (Å²) < 4.78 is 27.3. The smallest absolute Gasteiger partial charge is 0.169 e. The largest absolute Gasteiger partial charge is 0.493 e. The van der Waals surface area contributed by atoms with Crippen molar-refractivity contribution in [2.45, 2.75) is 11.7 Å². The van der Waals surface area contributed by atoms with Gasteiger partial charge in [0.2, 0.25) is 0 Å². The van der Waals surface area contributed by atoms with E-state index in [9.17, 15) is 4.39 Å². The Balaban J connectivity index is 1.40. The lowest BCUT2D eigenvalue weighted by Crippen LogP contribution is -2.10. The van der Waals surface area contributed by atoms with Crippen molar-refractivity contribution in [2.24, 2.45) is 0 Å². The first kappa shape index (κ1) is 19.3. The lowest BCUT2D eigenvalue weighted by atomic mass is 10.3. The molecule has 0 fully saturated rings. The highest BCUT2D eigenvalue weighted by molar-refractivity contribution is 7.99. The van der Waals surface area contributed by atoms with Crippen LogP contribution in [0.15, 0.2) is 84.0 Å². The van der Waals surface area contributed by atoms with Crippen LogP contribution in [0.1, 0.15) is 0 Å². The van der Waals surface area contributed by atoms with Gasteiger partial charge in [0.15, 0.2) is 16.7 Å². The second-order valence-corrected chi connectivity index (χ2v) is 7.39. The van der Waals surface area contributed by atoms with Gasteiger partial charge in [-0.05, 0) is 36.4 Å². The number of rotatable bonds is 9. The molecule has 4 nitrogen and oxygen atoms in total. The van der Waals surface area contributed by atoms with Gasteiger partial charge in [-0.3, -0.25) is 0 Å². The van der Waals surface area contributed by atoms with Crippen LogP contribution in [0.25, 0.3) is 11.0 Å². The summed E-state index contributed by atoms with van der Waals surface area (Å²) in [7, 11) is 0. The Bertz CT molecular complexity index is 1070. The SMILES string of the molecule is Fc1ccccc1OCCn1c(SCCOc2ccccc2)nc2ccccc21. The Morgan fingerprint density at radius 1 is 0.828 bits per heavy atom. The number of para-hydroxylation sites is 4. The Labute approximate surface area is 173 Å². The quantitative estimate of drug-likeness (QED) is 0.273. The van der Waals surface area contributed by atoms with Gasteiger partial charge >= 0.3 is 0 Å². The second-order valence-electron chi connectivity index (χ2n) is 6.32. The first-order valence-electron chi connectivity index (χ1n) is 9.44. The highest BCUT2D eigenvalue weighted by Crippen LogP contribution is 2.24. The molecule has 6 heteroatoms. The summed E-state index contributed by atoms with van der Waals surface area (Å²) in [5, 5.41) is 0.903. The number of imidazole rings is 1. The molecule has 1 aromatic heterocycles. The highest BCUT2D eigenvalue weighted by Gasteiger charge is 2.11. The number of nitrogens with zero attached hydrogens (tertiary/aromatic N) is 2. The van der Waals surface area contributed by atoms with E-state index in [0.29, 0.717) is 19.8 Å². The number of aromatic nitrogens is 2. The number of hydrogen-bond donors (Lipinski definition) is 0. The Hall–Kier alpha value is -2.99. The molecule has 0 radical (unpaired) electrons. The minimum Gasteiger partial charge on any atom is -0.493 e. The fraction of sp³-hybridized carbons (Fsp3) is 0.174. The summed E-state index contributed by atoms with van der Waals surface area (Å²) in [5.74, 6) is 1.55. The maximum Gasteiger partial charge on any atom is 0.169 e. The van der Waals surface area contributed by atoms with Gasteiger partial charge < -0.3 is 14.0 Å². The predicted octanol–water partition coefficient (Wildman–Crippen LogP) is 5.43. The third kappa shape index (κ3) is 4.90. The molecule has 0 N–H and O–H groups in total. The van der Waals surface area contributed by atoms with E-state index in [-0.39, 0.29) is 11.6 Å². The van der Waals surface area contributed by atoms with Crippen molar-refractivity contribution in [1.29, 1.82) is 0 Å². The van der Waals surface area contributed by atoms with E-state index in [2.05, 4.69) is 4.57 Å². The average Bonchev–Trinajstić information content (AvgIpc) is 3.11. The number of thioether (sulfide) groups is 1. The lowest BCUT2D eigenvalue weighted by molar-refractivity contribution is 0.282. The Morgan fingerprint density at radius 2 is 1.59 bits per heavy atom. The van der Waals surface area contributed by atoms with Gasteiger partial charge in [-0.15, -0.1) is 0 Å². The maximum atomic E-state index is 13.8. The van der Waals surface area contributed by atoms with Crippen molar-refractivity contribution in [1.82, 2.24) is 9.55 Å². The number of halogens is 1. The molecule has 0 spiro atoms. The third-order valence-corrected chi connectivity index (χ3v) is 5.30. The lowest BCUT2D eigenvalue weighted by Gasteiger charge is -2.11. The van der Waals surface area contributed by atoms with E-state index < -0.39 is 0 Å². The molecule has 0 amide bonds. The molecule has 0 aliphatic carbocycles. The van der Waals surface area contributed by atoms with E-state index in [1.165, 1.54) is 6.07 Å². The monoisotopic (exact) mass is 408 g/mol. The maximum absolute atomic E-state index is 13.8. The normalized spacial score (nSPS) is 10.9. The molecule has 0 saturated carbocycles. The molecular formula is C23H21FN2O2S. The number of ether oxygens (including phenoxy) is 2. The molecule has 1 heterocycles. The number of benzene rings is 3. The van der Waals surface area contributed by atoms with Crippen LogP contribution < -0.4 is 9.47 Å². The van der Waals surface area contributed by atoms with E-state index in [0.717, 1.165) is 27.7 Å². The van der Waals surface area contributed by atoms with Crippen molar-refractivity contribution in [2.75, 3.05) is 19.0 Å². The van der Waals surface area contributed by atoms with Crippen LogP contribution in [0.3, 0.4) is 0 Å². The molecule has 0 unspecified atom stereocenters. The third-order valence-electron chi connectivity index (χ3n) is 4.36. The van der Waals surface area contributed by atoms with E-state index in [4.69, 9.17) is 14.5 Å². The molecule has 0 aliphatic heterocycles. The Morgan fingerprint density at radius 3 is 2.45 bits per heavy atom. The van der Waals surface area contributed by atoms with Gasteiger partial charge in [0.05, 0.1) is 24.2 Å². The fourth-order valence-electron chi connectivity index (χ4n) is 3.00. The van der Waals surface area contributed by atoms with Crippen molar-refractivity contribution < 1.29 is 13.9 Å².